The molecule has 0 heterocycles. The number of nitrogens with zero attached hydrogens (tertiary/aromatic N) is 1. The molecule has 0 N–H and O–H groups in total. The van der Waals surface area contributed by atoms with E-state index >= 15 is 0 Å². The standard InChI is InChI=1S/C7H14ClNO.ClH/c1-7(2,6(8)10)5-9(3)4;/h5H2,1-4H3;1H. The molecule has 0 unspecified atom stereocenters. The van der Waals surface area contributed by atoms with Crippen molar-refractivity contribution in [1.82, 2.24) is 4.90 Å². The van der Waals surface area contributed by atoms with Crippen molar-refractivity contribution in [2.45, 2.75) is 13.8 Å². The minimum absolute atomic E-state index is 0. The van der Waals surface area contributed by atoms with E-state index in [1.807, 2.05) is 32.8 Å². The molecule has 0 aromatic rings. The molecule has 0 saturated carbocycles. The fraction of sp³-hybridized carbons (Fsp3) is 0.857. The van der Waals surface area contributed by atoms with Gasteiger partial charge >= 0.3 is 0 Å². The fourth-order valence-electron chi connectivity index (χ4n) is 0.853. The van der Waals surface area contributed by atoms with E-state index in [1.54, 1.807) is 0 Å². The molecule has 0 saturated heterocycles. The lowest BCUT2D eigenvalue weighted by atomic mass is 9.95. The van der Waals surface area contributed by atoms with E-state index in [-0.39, 0.29) is 17.6 Å². The van der Waals surface area contributed by atoms with Crippen LogP contribution in [0.5, 0.6) is 0 Å². The summed E-state index contributed by atoms with van der Waals surface area (Å²) in [5.41, 5.74) is -0.426. The number of rotatable bonds is 3. The highest BCUT2D eigenvalue weighted by molar-refractivity contribution is 6.64. The Labute approximate surface area is 79.3 Å². The molecule has 0 atom stereocenters. The second kappa shape index (κ2) is 4.96. The van der Waals surface area contributed by atoms with Crippen LogP contribution < -0.4 is 0 Å². The predicted octanol–water partition coefficient (Wildman–Crippen LogP) is 1.76. The van der Waals surface area contributed by atoms with Crippen molar-refractivity contribution in [3.8, 4) is 0 Å². The maximum Gasteiger partial charge on any atom is 0.228 e. The summed E-state index contributed by atoms with van der Waals surface area (Å²) in [5.74, 6) is 0. The molecule has 0 spiro atoms. The average molecular weight is 200 g/mol. The van der Waals surface area contributed by atoms with Gasteiger partial charge in [-0.15, -0.1) is 12.4 Å². The van der Waals surface area contributed by atoms with E-state index in [9.17, 15) is 4.79 Å². The van der Waals surface area contributed by atoms with Crippen LogP contribution in [-0.2, 0) is 4.79 Å². The third-order valence-electron chi connectivity index (χ3n) is 1.24. The van der Waals surface area contributed by atoms with Gasteiger partial charge in [-0.1, -0.05) is 13.8 Å². The van der Waals surface area contributed by atoms with Crippen LogP contribution in [0.3, 0.4) is 0 Å². The monoisotopic (exact) mass is 199 g/mol. The van der Waals surface area contributed by atoms with E-state index in [4.69, 9.17) is 11.6 Å². The molecule has 2 nitrogen and oxygen atoms in total. The normalized spacial score (nSPS) is 11.1. The minimum Gasteiger partial charge on any atom is -0.308 e. The first-order valence-electron chi connectivity index (χ1n) is 3.21. The van der Waals surface area contributed by atoms with Gasteiger partial charge in [0.2, 0.25) is 5.24 Å². The Morgan fingerprint density at radius 2 is 1.82 bits per heavy atom. The maximum atomic E-state index is 10.7. The molecule has 0 aliphatic rings. The van der Waals surface area contributed by atoms with Crippen LogP contribution >= 0.6 is 24.0 Å². The van der Waals surface area contributed by atoms with Crippen molar-refractivity contribution >= 4 is 29.3 Å². The lowest BCUT2D eigenvalue weighted by molar-refractivity contribution is -0.119. The third kappa shape index (κ3) is 5.48. The second-order valence-corrected chi connectivity index (χ2v) is 3.74. The second-order valence-electron chi connectivity index (χ2n) is 3.40. The van der Waals surface area contributed by atoms with Gasteiger partial charge in [-0.2, -0.15) is 0 Å². The van der Waals surface area contributed by atoms with Crippen molar-refractivity contribution in [2.24, 2.45) is 5.41 Å². The van der Waals surface area contributed by atoms with Crippen molar-refractivity contribution in [3.63, 3.8) is 0 Å². The van der Waals surface area contributed by atoms with Crippen molar-refractivity contribution in [3.05, 3.63) is 0 Å². The molecule has 0 aromatic heterocycles. The largest absolute Gasteiger partial charge is 0.308 e. The molecular weight excluding hydrogens is 185 g/mol. The Kier molecular flexibility index (Phi) is 6.22. The first kappa shape index (κ1) is 13.8. The van der Waals surface area contributed by atoms with Crippen LogP contribution in [0.15, 0.2) is 0 Å². The lowest BCUT2D eigenvalue weighted by Gasteiger charge is -2.23. The van der Waals surface area contributed by atoms with Gasteiger partial charge in [-0.05, 0) is 25.7 Å². The minimum atomic E-state index is -0.426. The Hall–Kier alpha value is 0.210. The molecule has 11 heavy (non-hydrogen) atoms. The van der Waals surface area contributed by atoms with Crippen LogP contribution in [0.4, 0.5) is 0 Å². The summed E-state index contributed by atoms with van der Waals surface area (Å²) in [7, 11) is 3.84. The Bertz CT molecular complexity index is 134. The van der Waals surface area contributed by atoms with Gasteiger partial charge in [-0.25, -0.2) is 0 Å². The predicted molar refractivity (Wildman–Crippen MR) is 50.4 cm³/mol. The quantitative estimate of drug-likeness (QED) is 0.647. The molecular formula is C7H15Cl2NO. The molecule has 0 aromatic carbocycles. The summed E-state index contributed by atoms with van der Waals surface area (Å²) in [6.07, 6.45) is 0. The highest BCUT2D eigenvalue weighted by Crippen LogP contribution is 2.18. The fourth-order valence-corrected chi connectivity index (χ4v) is 0.912. The molecule has 0 aliphatic carbocycles. The lowest BCUT2D eigenvalue weighted by Crippen LogP contribution is -2.33. The zero-order valence-electron chi connectivity index (χ0n) is 7.35. The molecule has 68 valence electrons. The number of hydrogen-bond donors (Lipinski definition) is 0. The van der Waals surface area contributed by atoms with E-state index in [1.165, 1.54) is 0 Å². The number of halogens is 2. The van der Waals surface area contributed by atoms with Gasteiger partial charge in [0, 0.05) is 6.54 Å². The molecule has 4 heteroatoms. The number of carbonyl (C=O) groups excluding carboxylic acids is 1. The van der Waals surface area contributed by atoms with Gasteiger partial charge in [0.25, 0.3) is 0 Å². The smallest absolute Gasteiger partial charge is 0.228 e. The molecule has 0 rings (SSSR count). The SMILES string of the molecule is CN(C)CC(C)(C)C(=O)Cl.Cl. The summed E-state index contributed by atoms with van der Waals surface area (Å²) in [4.78, 5) is 12.7. The zero-order chi connectivity index (χ0) is 8.36. The van der Waals surface area contributed by atoms with E-state index in [0.717, 1.165) is 0 Å². The summed E-state index contributed by atoms with van der Waals surface area (Å²) < 4.78 is 0. The summed E-state index contributed by atoms with van der Waals surface area (Å²) in [6.45, 7) is 4.36. The number of carbonyl (C=O) groups is 1. The Morgan fingerprint density at radius 1 is 1.45 bits per heavy atom. The van der Waals surface area contributed by atoms with Gasteiger partial charge < -0.3 is 4.90 Å². The molecule has 0 aliphatic heterocycles. The van der Waals surface area contributed by atoms with Crippen LogP contribution in [0, 0.1) is 5.41 Å². The van der Waals surface area contributed by atoms with Crippen molar-refractivity contribution in [2.75, 3.05) is 20.6 Å². The molecule has 0 bridgehead atoms. The van der Waals surface area contributed by atoms with E-state index in [0.29, 0.717) is 6.54 Å². The average Bonchev–Trinajstić information content (AvgIpc) is 1.60. The zero-order valence-corrected chi connectivity index (χ0v) is 8.92. The maximum absolute atomic E-state index is 10.7. The number of hydrogen-bond acceptors (Lipinski definition) is 2. The molecule has 0 amide bonds. The highest BCUT2D eigenvalue weighted by Gasteiger charge is 2.25. The van der Waals surface area contributed by atoms with Gasteiger partial charge in [0.15, 0.2) is 0 Å². The van der Waals surface area contributed by atoms with E-state index < -0.39 is 5.41 Å². The first-order chi connectivity index (χ1) is 4.36. The van der Waals surface area contributed by atoms with Gasteiger partial charge in [0.1, 0.15) is 0 Å². The van der Waals surface area contributed by atoms with Crippen molar-refractivity contribution < 1.29 is 4.79 Å². The van der Waals surface area contributed by atoms with Crippen LogP contribution in [-0.4, -0.2) is 30.8 Å². The third-order valence-corrected chi connectivity index (χ3v) is 1.76. The summed E-state index contributed by atoms with van der Waals surface area (Å²) in [5, 5.41) is -0.277. The molecule has 0 fully saturated rings. The van der Waals surface area contributed by atoms with Gasteiger partial charge in [0.05, 0.1) is 5.41 Å². The topological polar surface area (TPSA) is 20.3 Å². The summed E-state index contributed by atoms with van der Waals surface area (Å²) in [6, 6.07) is 0. The van der Waals surface area contributed by atoms with Crippen LogP contribution in [0.1, 0.15) is 13.8 Å². The summed E-state index contributed by atoms with van der Waals surface area (Å²) >= 11 is 5.35. The van der Waals surface area contributed by atoms with Crippen LogP contribution in [0.25, 0.3) is 0 Å². The van der Waals surface area contributed by atoms with E-state index in [2.05, 4.69) is 0 Å². The van der Waals surface area contributed by atoms with Crippen molar-refractivity contribution in [1.29, 1.82) is 0 Å². The Morgan fingerprint density at radius 3 is 1.91 bits per heavy atom. The highest BCUT2D eigenvalue weighted by atomic mass is 35.5. The van der Waals surface area contributed by atoms with Crippen LogP contribution in [0.2, 0.25) is 0 Å². The Balaban J connectivity index is 0. The first-order valence-corrected chi connectivity index (χ1v) is 3.59. The molecule has 0 radical (unpaired) electrons. The van der Waals surface area contributed by atoms with Gasteiger partial charge in [-0.3, -0.25) is 4.79 Å².